The van der Waals surface area contributed by atoms with Crippen LogP contribution in [0.4, 0.5) is 0 Å². The first-order valence-corrected chi connectivity index (χ1v) is 8.10. The summed E-state index contributed by atoms with van der Waals surface area (Å²) in [6, 6.07) is 1.62. The largest absolute Gasteiger partial charge is 0.314 e. The van der Waals surface area contributed by atoms with Crippen LogP contribution in [0.5, 0.6) is 0 Å². The van der Waals surface area contributed by atoms with E-state index in [1.165, 1.54) is 58.0 Å². The molecule has 2 aliphatic rings. The highest BCUT2D eigenvalue weighted by atomic mass is 15.1. The number of likely N-dealkylation sites (tertiary alicyclic amines) is 1. The molecule has 0 bridgehead atoms. The first-order valence-electron chi connectivity index (χ1n) is 8.10. The molecule has 2 nitrogen and oxygen atoms in total. The fourth-order valence-corrected chi connectivity index (χ4v) is 3.91. The number of rotatable bonds is 4. The van der Waals surface area contributed by atoms with Gasteiger partial charge in [-0.2, -0.15) is 0 Å². The predicted molar refractivity (Wildman–Crippen MR) is 78.9 cm³/mol. The van der Waals surface area contributed by atoms with Crippen LogP contribution >= 0.6 is 0 Å². The van der Waals surface area contributed by atoms with Crippen LogP contribution in [0.15, 0.2) is 0 Å². The fourth-order valence-electron chi connectivity index (χ4n) is 3.91. The molecule has 0 aromatic rings. The SMILES string of the molecule is CC1CCC(NCCC2CCCCN2C)C(C)C1. The molecular formula is C16H32N2. The van der Waals surface area contributed by atoms with Crippen LogP contribution in [0.2, 0.25) is 0 Å². The van der Waals surface area contributed by atoms with E-state index in [2.05, 4.69) is 31.1 Å². The highest BCUT2D eigenvalue weighted by Gasteiger charge is 2.25. The Morgan fingerprint density at radius 3 is 2.67 bits per heavy atom. The lowest BCUT2D eigenvalue weighted by Crippen LogP contribution is -2.43. The molecule has 4 unspecified atom stereocenters. The Morgan fingerprint density at radius 2 is 1.94 bits per heavy atom. The first-order chi connectivity index (χ1) is 8.66. The lowest BCUT2D eigenvalue weighted by atomic mass is 9.80. The number of nitrogens with one attached hydrogen (secondary N) is 1. The highest BCUT2D eigenvalue weighted by Crippen LogP contribution is 2.28. The second-order valence-corrected chi connectivity index (χ2v) is 6.88. The van der Waals surface area contributed by atoms with Crippen LogP contribution in [-0.2, 0) is 0 Å². The average Bonchev–Trinajstić information content (AvgIpc) is 2.34. The van der Waals surface area contributed by atoms with Crippen molar-refractivity contribution in [2.75, 3.05) is 20.1 Å². The van der Waals surface area contributed by atoms with Crippen LogP contribution in [-0.4, -0.2) is 37.1 Å². The molecule has 1 aliphatic heterocycles. The van der Waals surface area contributed by atoms with Crippen LogP contribution < -0.4 is 5.32 Å². The van der Waals surface area contributed by atoms with Gasteiger partial charge >= 0.3 is 0 Å². The fraction of sp³-hybridized carbons (Fsp3) is 1.00. The molecule has 0 aromatic carbocycles. The van der Waals surface area contributed by atoms with E-state index in [0.29, 0.717) is 0 Å². The molecule has 0 spiro atoms. The van der Waals surface area contributed by atoms with E-state index in [1.807, 2.05) is 0 Å². The third-order valence-electron chi connectivity index (χ3n) is 5.24. The second kappa shape index (κ2) is 6.91. The van der Waals surface area contributed by atoms with Crippen molar-refractivity contribution in [1.82, 2.24) is 10.2 Å². The van der Waals surface area contributed by atoms with E-state index < -0.39 is 0 Å². The van der Waals surface area contributed by atoms with Crippen molar-refractivity contribution in [2.24, 2.45) is 11.8 Å². The molecule has 1 saturated carbocycles. The normalized spacial score (nSPS) is 38.8. The van der Waals surface area contributed by atoms with Gasteiger partial charge in [0.2, 0.25) is 0 Å². The summed E-state index contributed by atoms with van der Waals surface area (Å²) in [5.41, 5.74) is 0. The standard InChI is InChI=1S/C16H32N2/c1-13-7-8-16(14(2)12-13)17-10-9-15-6-4-5-11-18(15)3/h13-17H,4-12H2,1-3H3. The number of hydrogen-bond donors (Lipinski definition) is 1. The van der Waals surface area contributed by atoms with Crippen LogP contribution in [0.25, 0.3) is 0 Å². The molecule has 18 heavy (non-hydrogen) atoms. The van der Waals surface area contributed by atoms with Crippen molar-refractivity contribution >= 4 is 0 Å². The molecule has 2 heteroatoms. The third kappa shape index (κ3) is 3.96. The minimum atomic E-state index is 0.787. The van der Waals surface area contributed by atoms with E-state index in [9.17, 15) is 0 Å². The average molecular weight is 252 g/mol. The lowest BCUT2D eigenvalue weighted by molar-refractivity contribution is 0.167. The summed E-state index contributed by atoms with van der Waals surface area (Å²) in [5.74, 6) is 1.82. The van der Waals surface area contributed by atoms with Gasteiger partial charge in [-0.25, -0.2) is 0 Å². The zero-order chi connectivity index (χ0) is 13.0. The summed E-state index contributed by atoms with van der Waals surface area (Å²) >= 11 is 0. The van der Waals surface area contributed by atoms with Crippen molar-refractivity contribution in [1.29, 1.82) is 0 Å². The van der Waals surface area contributed by atoms with E-state index >= 15 is 0 Å². The Hall–Kier alpha value is -0.0800. The maximum atomic E-state index is 3.83. The Balaban J connectivity index is 1.65. The van der Waals surface area contributed by atoms with Crippen molar-refractivity contribution in [3.8, 4) is 0 Å². The van der Waals surface area contributed by atoms with E-state index in [1.54, 1.807) is 0 Å². The summed E-state index contributed by atoms with van der Waals surface area (Å²) in [4.78, 5) is 2.57. The summed E-state index contributed by atoms with van der Waals surface area (Å²) in [6.07, 6.45) is 9.82. The Labute approximate surface area is 114 Å². The number of piperidine rings is 1. The maximum Gasteiger partial charge on any atom is 0.0104 e. The molecule has 1 saturated heterocycles. The molecule has 2 rings (SSSR count). The van der Waals surface area contributed by atoms with E-state index in [0.717, 1.165) is 23.9 Å². The van der Waals surface area contributed by atoms with Crippen molar-refractivity contribution < 1.29 is 0 Å². The zero-order valence-electron chi connectivity index (χ0n) is 12.6. The Kier molecular flexibility index (Phi) is 5.50. The molecule has 0 radical (unpaired) electrons. The molecule has 1 N–H and O–H groups in total. The monoisotopic (exact) mass is 252 g/mol. The molecule has 106 valence electrons. The summed E-state index contributed by atoms with van der Waals surface area (Å²) < 4.78 is 0. The minimum absolute atomic E-state index is 0.787. The van der Waals surface area contributed by atoms with Gasteiger partial charge in [0.1, 0.15) is 0 Å². The van der Waals surface area contributed by atoms with Crippen molar-refractivity contribution in [3.05, 3.63) is 0 Å². The van der Waals surface area contributed by atoms with Crippen LogP contribution in [0, 0.1) is 11.8 Å². The van der Waals surface area contributed by atoms with Gasteiger partial charge in [-0.1, -0.05) is 20.3 Å². The van der Waals surface area contributed by atoms with Gasteiger partial charge in [0, 0.05) is 12.1 Å². The zero-order valence-corrected chi connectivity index (χ0v) is 12.6. The summed E-state index contributed by atoms with van der Waals surface area (Å²) in [5, 5.41) is 3.83. The van der Waals surface area contributed by atoms with Crippen molar-refractivity contribution in [2.45, 2.75) is 70.9 Å². The molecule has 0 amide bonds. The molecule has 4 atom stereocenters. The second-order valence-electron chi connectivity index (χ2n) is 6.88. The van der Waals surface area contributed by atoms with Gasteiger partial charge < -0.3 is 10.2 Å². The quantitative estimate of drug-likeness (QED) is 0.826. The Morgan fingerprint density at radius 1 is 1.11 bits per heavy atom. The van der Waals surface area contributed by atoms with Gasteiger partial charge in [0.05, 0.1) is 0 Å². The molecular weight excluding hydrogens is 220 g/mol. The van der Waals surface area contributed by atoms with Gasteiger partial charge in [0.15, 0.2) is 0 Å². The number of hydrogen-bond acceptors (Lipinski definition) is 2. The topological polar surface area (TPSA) is 15.3 Å². The maximum absolute atomic E-state index is 3.83. The van der Waals surface area contributed by atoms with E-state index in [4.69, 9.17) is 0 Å². The molecule has 1 aliphatic carbocycles. The lowest BCUT2D eigenvalue weighted by Gasteiger charge is -2.35. The van der Waals surface area contributed by atoms with Crippen LogP contribution in [0.1, 0.15) is 58.8 Å². The van der Waals surface area contributed by atoms with Gasteiger partial charge in [-0.3, -0.25) is 0 Å². The van der Waals surface area contributed by atoms with Crippen LogP contribution in [0.3, 0.4) is 0 Å². The molecule has 2 fully saturated rings. The smallest absolute Gasteiger partial charge is 0.0104 e. The minimum Gasteiger partial charge on any atom is -0.314 e. The molecule has 1 heterocycles. The first kappa shape index (κ1) is 14.3. The highest BCUT2D eigenvalue weighted by molar-refractivity contribution is 4.82. The Bertz CT molecular complexity index is 241. The predicted octanol–water partition coefficient (Wildman–Crippen LogP) is 3.28. The number of nitrogens with zero attached hydrogens (tertiary/aromatic N) is 1. The van der Waals surface area contributed by atoms with Gasteiger partial charge in [-0.15, -0.1) is 0 Å². The summed E-state index contributed by atoms with van der Waals surface area (Å²) in [6.45, 7) is 7.37. The molecule has 0 aromatic heterocycles. The van der Waals surface area contributed by atoms with E-state index in [-0.39, 0.29) is 0 Å². The summed E-state index contributed by atoms with van der Waals surface area (Å²) in [7, 11) is 2.30. The van der Waals surface area contributed by atoms with Crippen molar-refractivity contribution in [3.63, 3.8) is 0 Å². The van der Waals surface area contributed by atoms with Gasteiger partial charge in [0.25, 0.3) is 0 Å². The third-order valence-corrected chi connectivity index (χ3v) is 5.24. The van der Waals surface area contributed by atoms with Gasteiger partial charge in [-0.05, 0) is 70.5 Å².